The molecule has 0 aliphatic heterocycles. The molecule has 0 saturated heterocycles. The molecule has 0 N–H and O–H groups in total. The van der Waals surface area contributed by atoms with Crippen LogP contribution in [0.5, 0.6) is 0 Å². The Hall–Kier alpha value is -1.95. The van der Waals surface area contributed by atoms with Gasteiger partial charge in [0.05, 0.1) is 19.2 Å². The van der Waals surface area contributed by atoms with Gasteiger partial charge in [0.2, 0.25) is 5.78 Å². The number of carbonyl (C=O) groups excluding carboxylic acids is 2. The van der Waals surface area contributed by atoms with E-state index in [1.54, 1.807) is 0 Å². The van der Waals surface area contributed by atoms with Crippen LogP contribution in [0.1, 0.15) is 10.4 Å². The minimum absolute atomic E-state index is 0.324. The first-order valence-electron chi connectivity index (χ1n) is 4.92. The number of benzene rings is 1. The maximum Gasteiger partial charge on any atom is 0.345 e. The zero-order valence-electron chi connectivity index (χ0n) is 10.00. The van der Waals surface area contributed by atoms with Crippen LogP contribution in [-0.4, -0.2) is 26.0 Å². The van der Waals surface area contributed by atoms with Gasteiger partial charge in [0, 0.05) is 5.56 Å². The number of rotatable bonds is 4. The summed E-state index contributed by atoms with van der Waals surface area (Å²) < 4.78 is 34.9. The van der Waals surface area contributed by atoms with E-state index >= 15 is 0 Å². The van der Waals surface area contributed by atoms with Crippen molar-refractivity contribution in [2.24, 2.45) is 0 Å². The molecule has 0 saturated carbocycles. The van der Waals surface area contributed by atoms with Gasteiger partial charge in [0.15, 0.2) is 11.6 Å². The predicted molar refractivity (Wildman–Crippen MR) is 62.8 cm³/mol. The first-order valence-corrected chi connectivity index (χ1v) is 5.30. The van der Waals surface area contributed by atoms with E-state index in [4.69, 9.17) is 11.6 Å². The van der Waals surface area contributed by atoms with Gasteiger partial charge in [-0.1, -0.05) is 11.6 Å². The zero-order chi connectivity index (χ0) is 14.6. The van der Waals surface area contributed by atoms with Crippen LogP contribution in [0.25, 0.3) is 0 Å². The Morgan fingerprint density at radius 1 is 1.21 bits per heavy atom. The van der Waals surface area contributed by atoms with Gasteiger partial charge in [-0.15, -0.1) is 0 Å². The van der Waals surface area contributed by atoms with Crippen LogP contribution in [0.15, 0.2) is 24.0 Å². The Morgan fingerprint density at radius 2 is 1.79 bits per heavy atom. The molecule has 0 spiro atoms. The lowest BCUT2D eigenvalue weighted by molar-refractivity contribution is -0.135. The molecule has 0 unspecified atom stereocenters. The lowest BCUT2D eigenvalue weighted by Gasteiger charge is -2.07. The van der Waals surface area contributed by atoms with Crippen molar-refractivity contribution in [3.63, 3.8) is 0 Å². The number of hydrogen-bond acceptors (Lipinski definition) is 4. The first kappa shape index (κ1) is 15.1. The van der Waals surface area contributed by atoms with Gasteiger partial charge >= 0.3 is 5.97 Å². The Bertz CT molecular complexity index is 555. The highest BCUT2D eigenvalue weighted by Gasteiger charge is 2.24. The molecule has 1 rings (SSSR count). The number of ether oxygens (including phenoxy) is 2. The van der Waals surface area contributed by atoms with E-state index < -0.39 is 29.0 Å². The molecule has 0 heterocycles. The molecule has 7 heteroatoms. The van der Waals surface area contributed by atoms with E-state index in [-0.39, 0.29) is 10.6 Å². The molecule has 0 atom stereocenters. The second-order valence-electron chi connectivity index (χ2n) is 3.33. The quantitative estimate of drug-likeness (QED) is 0.163. The molecule has 0 aliphatic carbocycles. The number of ketones is 1. The fourth-order valence-electron chi connectivity index (χ4n) is 1.26. The lowest BCUT2D eigenvalue weighted by atomic mass is 10.0. The van der Waals surface area contributed by atoms with Crippen molar-refractivity contribution in [1.82, 2.24) is 0 Å². The third-order valence-corrected chi connectivity index (χ3v) is 2.45. The summed E-state index contributed by atoms with van der Waals surface area (Å²) in [6.45, 7) is 0. The van der Waals surface area contributed by atoms with Gasteiger partial charge in [-0.3, -0.25) is 4.79 Å². The van der Waals surface area contributed by atoms with Crippen molar-refractivity contribution in [3.8, 4) is 0 Å². The summed E-state index contributed by atoms with van der Waals surface area (Å²) in [7, 11) is 2.27. The van der Waals surface area contributed by atoms with E-state index in [0.29, 0.717) is 12.1 Å². The van der Waals surface area contributed by atoms with Crippen LogP contribution in [-0.2, 0) is 14.3 Å². The third-order valence-electron chi connectivity index (χ3n) is 2.14. The van der Waals surface area contributed by atoms with E-state index in [1.807, 2.05) is 0 Å². The topological polar surface area (TPSA) is 52.6 Å². The Labute approximate surface area is 112 Å². The second-order valence-corrected chi connectivity index (χ2v) is 3.74. The summed E-state index contributed by atoms with van der Waals surface area (Å²) in [6, 6.07) is 1.25. The predicted octanol–water partition coefficient (Wildman–Crippen LogP) is 2.50. The maximum atomic E-state index is 13.1. The highest BCUT2D eigenvalue weighted by Crippen LogP contribution is 2.23. The summed E-state index contributed by atoms with van der Waals surface area (Å²) in [5.41, 5.74) is -0.854. The highest BCUT2D eigenvalue weighted by atomic mass is 35.5. The fourth-order valence-corrected chi connectivity index (χ4v) is 1.50. The Morgan fingerprint density at radius 3 is 2.32 bits per heavy atom. The normalized spacial score (nSPS) is 11.1. The van der Waals surface area contributed by atoms with Crippen molar-refractivity contribution in [3.05, 3.63) is 46.2 Å². The first-order chi connectivity index (χ1) is 8.92. The third kappa shape index (κ3) is 3.29. The second kappa shape index (κ2) is 6.29. The van der Waals surface area contributed by atoms with Gasteiger partial charge in [0.25, 0.3) is 0 Å². The lowest BCUT2D eigenvalue weighted by Crippen LogP contribution is -2.16. The van der Waals surface area contributed by atoms with E-state index in [2.05, 4.69) is 9.47 Å². The average Bonchev–Trinajstić information content (AvgIpc) is 2.38. The average molecular weight is 291 g/mol. The van der Waals surface area contributed by atoms with Crippen molar-refractivity contribution in [1.29, 1.82) is 0 Å². The number of esters is 1. The van der Waals surface area contributed by atoms with Crippen LogP contribution in [0.3, 0.4) is 0 Å². The smallest absolute Gasteiger partial charge is 0.345 e. The number of hydrogen-bond donors (Lipinski definition) is 0. The molecule has 0 fully saturated rings. The summed E-state index contributed by atoms with van der Waals surface area (Å²) in [4.78, 5) is 23.4. The maximum absolute atomic E-state index is 13.1. The minimum atomic E-state index is -1.26. The van der Waals surface area contributed by atoms with Crippen molar-refractivity contribution in [2.75, 3.05) is 14.2 Å². The largest absolute Gasteiger partial charge is 0.503 e. The molecule has 0 aromatic heterocycles. The van der Waals surface area contributed by atoms with Crippen molar-refractivity contribution < 1.29 is 27.8 Å². The summed E-state index contributed by atoms with van der Waals surface area (Å²) in [5.74, 6) is -4.36. The molecule has 1 aromatic rings. The summed E-state index contributed by atoms with van der Waals surface area (Å²) in [6.07, 6.45) is 0.839. The Kier molecular flexibility index (Phi) is 5.00. The molecule has 4 nitrogen and oxygen atoms in total. The molecule has 1 aromatic carbocycles. The molecule has 102 valence electrons. The standard InChI is InChI=1S/C12H9ClF2O4/c1-18-5-7(12(17)19-2)11(16)6-3-9(14)10(15)4-8(6)13/h3-5H,1-2H3/b7-5-. The fraction of sp³-hybridized carbons (Fsp3) is 0.167. The van der Waals surface area contributed by atoms with Gasteiger partial charge in [0.1, 0.15) is 11.8 Å². The van der Waals surface area contributed by atoms with E-state index in [9.17, 15) is 18.4 Å². The van der Waals surface area contributed by atoms with Gasteiger partial charge in [-0.2, -0.15) is 0 Å². The SMILES string of the molecule is CO/C=C(\C(=O)OC)C(=O)c1cc(F)c(F)cc1Cl. The van der Waals surface area contributed by atoms with Crippen LogP contribution in [0, 0.1) is 11.6 Å². The minimum Gasteiger partial charge on any atom is -0.503 e. The van der Waals surface area contributed by atoms with Crippen LogP contribution < -0.4 is 0 Å². The Balaban J connectivity index is 3.29. The molecule has 19 heavy (non-hydrogen) atoms. The number of methoxy groups -OCH3 is 2. The van der Waals surface area contributed by atoms with Crippen molar-refractivity contribution >= 4 is 23.4 Å². The molecule has 0 bridgehead atoms. The molecule has 0 radical (unpaired) electrons. The van der Waals surface area contributed by atoms with Crippen LogP contribution in [0.4, 0.5) is 8.78 Å². The number of carbonyl (C=O) groups is 2. The van der Waals surface area contributed by atoms with Gasteiger partial charge < -0.3 is 9.47 Å². The summed E-state index contributed by atoms with van der Waals surface area (Å²) >= 11 is 5.64. The highest BCUT2D eigenvalue weighted by molar-refractivity contribution is 6.36. The summed E-state index contributed by atoms with van der Waals surface area (Å²) in [5, 5.41) is -0.324. The van der Waals surface area contributed by atoms with Gasteiger partial charge in [-0.05, 0) is 12.1 Å². The monoisotopic (exact) mass is 290 g/mol. The van der Waals surface area contributed by atoms with Crippen LogP contribution >= 0.6 is 11.6 Å². The molecule has 0 amide bonds. The molecular weight excluding hydrogens is 282 g/mol. The molecule has 0 aliphatic rings. The van der Waals surface area contributed by atoms with Crippen molar-refractivity contribution in [2.45, 2.75) is 0 Å². The van der Waals surface area contributed by atoms with Crippen LogP contribution in [0.2, 0.25) is 5.02 Å². The zero-order valence-corrected chi connectivity index (χ0v) is 10.8. The van der Waals surface area contributed by atoms with Gasteiger partial charge in [-0.25, -0.2) is 13.6 Å². The number of halogens is 3. The molecular formula is C12H9ClF2O4. The van der Waals surface area contributed by atoms with E-state index in [0.717, 1.165) is 13.4 Å². The number of Topliss-reactive ketones (excluding diaryl/α,β-unsaturated/α-hetero) is 1. The van der Waals surface area contributed by atoms with E-state index in [1.165, 1.54) is 7.11 Å².